The number of carbonyl (C=O) groups is 1. The van der Waals surface area contributed by atoms with E-state index in [9.17, 15) is 4.79 Å². The zero-order valence-electron chi connectivity index (χ0n) is 13.5. The van der Waals surface area contributed by atoms with E-state index in [1.807, 2.05) is 22.4 Å². The largest absolute Gasteiger partial charge is 0.377 e. The minimum absolute atomic E-state index is 0.00384. The van der Waals surface area contributed by atoms with Crippen molar-refractivity contribution < 1.29 is 9.53 Å². The highest BCUT2D eigenvalue weighted by atomic mass is 32.1. The van der Waals surface area contributed by atoms with Crippen LogP contribution in [0.15, 0.2) is 41.4 Å². The highest BCUT2D eigenvalue weighted by molar-refractivity contribution is 7.07. The Morgan fingerprint density at radius 3 is 3.00 bits per heavy atom. The van der Waals surface area contributed by atoms with Crippen LogP contribution >= 0.6 is 11.3 Å². The molecule has 2 aromatic rings. The molecule has 122 valence electrons. The molecule has 0 radical (unpaired) electrons. The fourth-order valence-electron chi connectivity index (χ4n) is 3.11. The Bertz CT molecular complexity index is 628. The first kappa shape index (κ1) is 16.1. The van der Waals surface area contributed by atoms with Crippen molar-refractivity contribution in [3.05, 3.63) is 46.9 Å². The maximum absolute atomic E-state index is 13.2. The van der Waals surface area contributed by atoms with Gasteiger partial charge >= 0.3 is 0 Å². The first-order valence-electron chi connectivity index (χ1n) is 8.01. The predicted octanol–water partition coefficient (Wildman–Crippen LogP) is 3.74. The van der Waals surface area contributed by atoms with Crippen LogP contribution in [0, 0.1) is 11.8 Å². The lowest BCUT2D eigenvalue weighted by Crippen LogP contribution is -2.40. The van der Waals surface area contributed by atoms with Gasteiger partial charge in [-0.15, -0.1) is 0 Å². The summed E-state index contributed by atoms with van der Waals surface area (Å²) in [6, 6.07) is 5.87. The van der Waals surface area contributed by atoms with Gasteiger partial charge in [0.2, 0.25) is 5.91 Å². The van der Waals surface area contributed by atoms with Gasteiger partial charge in [0.25, 0.3) is 0 Å². The molecular formula is C18H22N2O2S. The van der Waals surface area contributed by atoms with Gasteiger partial charge in [-0.2, -0.15) is 11.3 Å². The molecule has 3 heterocycles. The van der Waals surface area contributed by atoms with Crippen molar-refractivity contribution in [3.63, 3.8) is 0 Å². The Balaban J connectivity index is 1.87. The van der Waals surface area contributed by atoms with E-state index >= 15 is 0 Å². The number of rotatable bonds is 5. The van der Waals surface area contributed by atoms with E-state index in [-0.39, 0.29) is 17.9 Å². The summed E-state index contributed by atoms with van der Waals surface area (Å²) in [6.07, 6.45) is 4.28. The average molecular weight is 330 g/mol. The van der Waals surface area contributed by atoms with E-state index in [0.717, 1.165) is 17.7 Å². The smallest absolute Gasteiger partial charge is 0.233 e. The standard InChI is InChI=1S/C18H22N2O2S/c1-13(2)17-16(5-8-22-17)18(21)20(11-14-6-9-23-12-14)15-4-3-7-19-10-15/h3-4,6-7,9-10,12-13,16-17H,5,8,11H2,1-2H3/t16-,17-/m0/s1. The summed E-state index contributed by atoms with van der Waals surface area (Å²) in [5.74, 6) is 0.401. The summed E-state index contributed by atoms with van der Waals surface area (Å²) >= 11 is 1.65. The second kappa shape index (κ2) is 7.23. The summed E-state index contributed by atoms with van der Waals surface area (Å²) in [5.41, 5.74) is 1.99. The van der Waals surface area contributed by atoms with Crippen LogP contribution in [-0.4, -0.2) is 23.6 Å². The molecule has 5 heteroatoms. The molecule has 0 spiro atoms. The van der Waals surface area contributed by atoms with E-state index in [0.29, 0.717) is 19.1 Å². The summed E-state index contributed by atoms with van der Waals surface area (Å²) in [5, 5.41) is 4.12. The molecule has 4 nitrogen and oxygen atoms in total. The molecule has 2 aromatic heterocycles. The van der Waals surface area contributed by atoms with Crippen molar-refractivity contribution in [2.45, 2.75) is 32.9 Å². The van der Waals surface area contributed by atoms with Crippen molar-refractivity contribution >= 4 is 22.9 Å². The molecule has 1 fully saturated rings. The van der Waals surface area contributed by atoms with E-state index in [2.05, 4.69) is 30.3 Å². The second-order valence-corrected chi connectivity index (χ2v) is 7.02. The van der Waals surface area contributed by atoms with Gasteiger partial charge < -0.3 is 9.64 Å². The number of pyridine rings is 1. The van der Waals surface area contributed by atoms with Crippen LogP contribution in [0.4, 0.5) is 5.69 Å². The van der Waals surface area contributed by atoms with Gasteiger partial charge in [0, 0.05) is 12.8 Å². The molecular weight excluding hydrogens is 308 g/mol. The molecule has 0 N–H and O–H groups in total. The highest BCUT2D eigenvalue weighted by Gasteiger charge is 2.38. The quantitative estimate of drug-likeness (QED) is 0.839. The molecule has 0 unspecified atom stereocenters. The third kappa shape index (κ3) is 3.62. The minimum atomic E-state index is -0.0751. The van der Waals surface area contributed by atoms with Crippen molar-refractivity contribution in [1.82, 2.24) is 4.98 Å². The summed E-state index contributed by atoms with van der Waals surface area (Å²) in [7, 11) is 0. The Kier molecular flexibility index (Phi) is 5.08. The number of thiophene rings is 1. The molecule has 0 aromatic carbocycles. The van der Waals surface area contributed by atoms with Crippen molar-refractivity contribution in [2.75, 3.05) is 11.5 Å². The van der Waals surface area contributed by atoms with Gasteiger partial charge in [-0.3, -0.25) is 9.78 Å². The van der Waals surface area contributed by atoms with Gasteiger partial charge in [0.05, 0.1) is 30.5 Å². The lowest BCUT2D eigenvalue weighted by molar-refractivity contribution is -0.125. The summed E-state index contributed by atoms with van der Waals surface area (Å²) in [6.45, 7) is 5.47. The Hall–Kier alpha value is -1.72. The number of hydrogen-bond donors (Lipinski definition) is 0. The van der Waals surface area contributed by atoms with Gasteiger partial charge in [-0.1, -0.05) is 13.8 Å². The van der Waals surface area contributed by atoms with E-state index in [1.165, 1.54) is 0 Å². The predicted molar refractivity (Wildman–Crippen MR) is 92.4 cm³/mol. The molecule has 0 aliphatic carbocycles. The zero-order valence-corrected chi connectivity index (χ0v) is 14.3. The van der Waals surface area contributed by atoms with E-state index in [1.54, 1.807) is 23.7 Å². The van der Waals surface area contributed by atoms with Gasteiger partial charge in [0.15, 0.2) is 0 Å². The van der Waals surface area contributed by atoms with Crippen LogP contribution in [0.1, 0.15) is 25.8 Å². The normalized spacial score (nSPS) is 20.8. The first-order valence-corrected chi connectivity index (χ1v) is 8.95. The number of ether oxygens (including phenoxy) is 1. The minimum Gasteiger partial charge on any atom is -0.377 e. The van der Waals surface area contributed by atoms with E-state index < -0.39 is 0 Å². The SMILES string of the molecule is CC(C)[C@@H]1OCC[C@@H]1C(=O)N(Cc1ccsc1)c1cccnc1. The van der Waals surface area contributed by atoms with Crippen LogP contribution in [0.2, 0.25) is 0 Å². The molecule has 2 atom stereocenters. The lowest BCUT2D eigenvalue weighted by Gasteiger charge is -2.28. The monoisotopic (exact) mass is 330 g/mol. The van der Waals surface area contributed by atoms with Crippen LogP contribution < -0.4 is 4.90 Å². The molecule has 3 rings (SSSR count). The number of aromatic nitrogens is 1. The molecule has 1 aliphatic rings. The van der Waals surface area contributed by atoms with Crippen molar-refractivity contribution in [1.29, 1.82) is 0 Å². The molecule has 0 saturated carbocycles. The number of anilines is 1. The molecule has 23 heavy (non-hydrogen) atoms. The number of carbonyl (C=O) groups excluding carboxylic acids is 1. The molecule has 1 saturated heterocycles. The summed E-state index contributed by atoms with van der Waals surface area (Å²) in [4.78, 5) is 19.2. The lowest BCUT2D eigenvalue weighted by atomic mass is 9.91. The maximum atomic E-state index is 13.2. The fourth-order valence-corrected chi connectivity index (χ4v) is 3.77. The Morgan fingerprint density at radius 1 is 1.48 bits per heavy atom. The molecule has 0 bridgehead atoms. The maximum Gasteiger partial charge on any atom is 0.233 e. The average Bonchev–Trinajstić information content (AvgIpc) is 3.24. The molecule has 1 amide bonds. The number of amides is 1. The van der Waals surface area contributed by atoms with Gasteiger partial charge in [0.1, 0.15) is 0 Å². The first-order chi connectivity index (χ1) is 11.2. The van der Waals surface area contributed by atoms with Gasteiger partial charge in [-0.25, -0.2) is 0 Å². The van der Waals surface area contributed by atoms with Crippen molar-refractivity contribution in [2.24, 2.45) is 11.8 Å². The topological polar surface area (TPSA) is 42.4 Å². The van der Waals surface area contributed by atoms with E-state index in [4.69, 9.17) is 4.74 Å². The zero-order chi connectivity index (χ0) is 16.2. The second-order valence-electron chi connectivity index (χ2n) is 6.24. The van der Waals surface area contributed by atoms with Crippen LogP contribution in [0.3, 0.4) is 0 Å². The third-order valence-corrected chi connectivity index (χ3v) is 4.99. The number of hydrogen-bond acceptors (Lipinski definition) is 4. The Morgan fingerprint density at radius 2 is 2.35 bits per heavy atom. The van der Waals surface area contributed by atoms with Crippen LogP contribution in [-0.2, 0) is 16.1 Å². The Labute approximate surface area is 141 Å². The molecule has 1 aliphatic heterocycles. The van der Waals surface area contributed by atoms with Gasteiger partial charge in [-0.05, 0) is 46.9 Å². The highest BCUT2D eigenvalue weighted by Crippen LogP contribution is 2.31. The van der Waals surface area contributed by atoms with Crippen molar-refractivity contribution in [3.8, 4) is 0 Å². The fraction of sp³-hybridized carbons (Fsp3) is 0.444. The number of nitrogens with zero attached hydrogens (tertiary/aromatic N) is 2. The van der Waals surface area contributed by atoms with Crippen LogP contribution in [0.25, 0.3) is 0 Å². The summed E-state index contributed by atoms with van der Waals surface area (Å²) < 4.78 is 5.81. The third-order valence-electron chi connectivity index (χ3n) is 4.25. The van der Waals surface area contributed by atoms with Crippen LogP contribution in [0.5, 0.6) is 0 Å².